The van der Waals surface area contributed by atoms with Crippen LogP contribution in [-0.2, 0) is 10.2 Å². The maximum Gasteiger partial charge on any atom is 0.282 e. The molecule has 4 aliphatic rings. The topological polar surface area (TPSA) is 151 Å². The molecule has 41 heavy (non-hydrogen) atoms. The number of hydrogen-bond acceptors (Lipinski definition) is 10. The molecule has 1 aliphatic carbocycles. The quantitative estimate of drug-likeness (QED) is 0.481. The van der Waals surface area contributed by atoms with E-state index in [4.69, 9.17) is 0 Å². The minimum absolute atomic E-state index is 0.00449. The van der Waals surface area contributed by atoms with Crippen molar-refractivity contribution in [1.29, 1.82) is 5.26 Å². The monoisotopic (exact) mass is 585 g/mol. The summed E-state index contributed by atoms with van der Waals surface area (Å²) in [6, 6.07) is 3.25. The molecular weight excluding hydrogens is 546 g/mol. The Hall–Kier alpha value is -2.67. The number of aliphatic hydroxyl groups is 1. The van der Waals surface area contributed by atoms with Gasteiger partial charge < -0.3 is 15.3 Å². The Bertz CT molecular complexity index is 1500. The van der Waals surface area contributed by atoms with E-state index >= 15 is 0 Å². The molecule has 6 rings (SSSR count). The van der Waals surface area contributed by atoms with Gasteiger partial charge in [0.2, 0.25) is 5.95 Å². The predicted octanol–water partition coefficient (Wildman–Crippen LogP) is 0.192. The van der Waals surface area contributed by atoms with Crippen molar-refractivity contribution in [3.05, 3.63) is 28.2 Å². The van der Waals surface area contributed by atoms with Crippen molar-refractivity contribution in [2.45, 2.75) is 62.8 Å². The highest BCUT2D eigenvalue weighted by molar-refractivity contribution is 7.86. The number of nitrogens with zero attached hydrogens (tertiary/aromatic N) is 8. The minimum atomic E-state index is -3.49. The molecule has 0 spiro atoms. The van der Waals surface area contributed by atoms with Gasteiger partial charge >= 0.3 is 0 Å². The largest absolute Gasteiger partial charge is 0.388 e. The van der Waals surface area contributed by atoms with Crippen molar-refractivity contribution in [2.24, 2.45) is 0 Å². The molecule has 0 amide bonds. The van der Waals surface area contributed by atoms with Crippen molar-refractivity contribution in [2.75, 3.05) is 64.7 Å². The molecule has 4 fully saturated rings. The van der Waals surface area contributed by atoms with Gasteiger partial charge in [0.05, 0.1) is 11.6 Å². The first kappa shape index (κ1) is 28.4. The second-order valence-electron chi connectivity index (χ2n) is 12.2. The van der Waals surface area contributed by atoms with Gasteiger partial charge in [0, 0.05) is 76.0 Å². The van der Waals surface area contributed by atoms with Gasteiger partial charge in [-0.05, 0) is 52.1 Å². The molecule has 3 saturated heterocycles. The van der Waals surface area contributed by atoms with Crippen molar-refractivity contribution in [3.8, 4) is 6.07 Å². The number of likely N-dealkylation sites (N-methyl/N-ethyl adjacent to an activating group) is 1. The zero-order valence-electron chi connectivity index (χ0n) is 23.7. The first-order valence-electron chi connectivity index (χ1n) is 14.6. The maximum absolute atomic E-state index is 13.3. The lowest BCUT2D eigenvalue weighted by atomic mass is 9.99. The lowest BCUT2D eigenvalue weighted by Gasteiger charge is -2.48. The Labute approximate surface area is 240 Å². The molecule has 0 radical (unpaired) electrons. The van der Waals surface area contributed by atoms with E-state index in [1.54, 1.807) is 21.7 Å². The Balaban J connectivity index is 1.11. The predicted molar refractivity (Wildman–Crippen MR) is 154 cm³/mol. The first-order valence-corrected chi connectivity index (χ1v) is 16.0. The number of piperidine rings is 1. The maximum atomic E-state index is 13.3. The van der Waals surface area contributed by atoms with E-state index in [1.807, 2.05) is 6.07 Å². The fourth-order valence-electron chi connectivity index (χ4n) is 6.70. The molecule has 0 aromatic carbocycles. The summed E-state index contributed by atoms with van der Waals surface area (Å²) < 4.78 is 31.2. The van der Waals surface area contributed by atoms with Crippen molar-refractivity contribution in [3.63, 3.8) is 0 Å². The molecule has 2 aromatic rings. The van der Waals surface area contributed by atoms with Crippen LogP contribution in [0.2, 0.25) is 0 Å². The van der Waals surface area contributed by atoms with E-state index in [2.05, 4.69) is 32.1 Å². The van der Waals surface area contributed by atoms with Crippen LogP contribution < -0.4 is 10.9 Å². The van der Waals surface area contributed by atoms with Gasteiger partial charge in [0.25, 0.3) is 15.8 Å². The Morgan fingerprint density at radius 1 is 1.10 bits per heavy atom. The highest BCUT2D eigenvalue weighted by Gasteiger charge is 2.43. The van der Waals surface area contributed by atoms with E-state index < -0.39 is 27.4 Å². The van der Waals surface area contributed by atoms with Gasteiger partial charge in [0.1, 0.15) is 17.3 Å². The molecule has 1 saturated carbocycles. The van der Waals surface area contributed by atoms with E-state index in [9.17, 15) is 23.6 Å². The average molecular weight is 586 g/mol. The van der Waals surface area contributed by atoms with Crippen LogP contribution in [0, 0.1) is 11.3 Å². The number of nitriles is 1. The van der Waals surface area contributed by atoms with Crippen LogP contribution in [0.1, 0.15) is 50.6 Å². The summed E-state index contributed by atoms with van der Waals surface area (Å²) in [6.07, 6.45) is 4.75. The summed E-state index contributed by atoms with van der Waals surface area (Å²) in [7, 11) is -1.37. The van der Waals surface area contributed by atoms with Crippen LogP contribution in [-0.4, -0.2) is 124 Å². The lowest BCUT2D eigenvalue weighted by molar-refractivity contribution is 0.0266. The van der Waals surface area contributed by atoms with Crippen molar-refractivity contribution in [1.82, 2.24) is 32.9 Å². The molecule has 5 heterocycles. The van der Waals surface area contributed by atoms with Crippen LogP contribution in [0.15, 0.2) is 17.1 Å². The summed E-state index contributed by atoms with van der Waals surface area (Å²) in [5.74, 6) is 0.340. The molecule has 14 heteroatoms. The average Bonchev–Trinajstić information content (AvgIpc) is 3.27. The lowest BCUT2D eigenvalue weighted by Crippen LogP contribution is -2.66. The van der Waals surface area contributed by atoms with Gasteiger partial charge in [-0.25, -0.2) is 4.98 Å². The van der Waals surface area contributed by atoms with Gasteiger partial charge in [-0.15, -0.1) is 0 Å². The zero-order valence-corrected chi connectivity index (χ0v) is 24.6. The third-order valence-electron chi connectivity index (χ3n) is 9.41. The third kappa shape index (κ3) is 5.35. The number of hydrogen-bond donors (Lipinski definition) is 2. The number of nitrogens with one attached hydrogen (secondary N) is 1. The fourth-order valence-corrected chi connectivity index (χ4v) is 8.42. The fraction of sp³-hybridized carbons (Fsp3) is 0.704. The van der Waals surface area contributed by atoms with Crippen LogP contribution >= 0.6 is 0 Å². The van der Waals surface area contributed by atoms with E-state index in [-0.39, 0.29) is 11.6 Å². The van der Waals surface area contributed by atoms with Crippen LogP contribution in [0.3, 0.4) is 0 Å². The summed E-state index contributed by atoms with van der Waals surface area (Å²) >= 11 is 0. The number of fused-ring (bicyclic) bond motifs is 1. The highest BCUT2D eigenvalue weighted by atomic mass is 32.2. The van der Waals surface area contributed by atoms with Gasteiger partial charge in [0.15, 0.2) is 0 Å². The van der Waals surface area contributed by atoms with Gasteiger partial charge in [-0.1, -0.05) is 0 Å². The second-order valence-corrected chi connectivity index (χ2v) is 14.1. The molecule has 3 aliphatic heterocycles. The zero-order chi connectivity index (χ0) is 28.9. The van der Waals surface area contributed by atoms with Crippen molar-refractivity contribution < 1.29 is 13.5 Å². The summed E-state index contributed by atoms with van der Waals surface area (Å²) in [5.41, 5.74) is -1.17. The molecule has 0 unspecified atom stereocenters. The van der Waals surface area contributed by atoms with Crippen LogP contribution in [0.5, 0.6) is 0 Å². The molecule has 2 atom stereocenters. The molecular formula is C27H39N9O4S. The summed E-state index contributed by atoms with van der Waals surface area (Å²) in [5, 5.41) is 24.4. The molecule has 0 bridgehead atoms. The Kier molecular flexibility index (Phi) is 7.54. The Morgan fingerprint density at radius 3 is 2.44 bits per heavy atom. The van der Waals surface area contributed by atoms with Gasteiger partial charge in [-0.2, -0.15) is 27.3 Å². The van der Waals surface area contributed by atoms with Gasteiger partial charge in [-0.3, -0.25) is 14.3 Å². The van der Waals surface area contributed by atoms with E-state index in [0.717, 1.165) is 32.6 Å². The number of aromatic nitrogens is 3. The van der Waals surface area contributed by atoms with E-state index in [1.165, 1.54) is 10.6 Å². The molecule has 222 valence electrons. The summed E-state index contributed by atoms with van der Waals surface area (Å²) in [6.45, 7) is 7.65. The highest BCUT2D eigenvalue weighted by Crippen LogP contribution is 2.39. The number of anilines is 1. The van der Waals surface area contributed by atoms with Crippen LogP contribution in [0.25, 0.3) is 11.0 Å². The second kappa shape index (κ2) is 10.9. The normalized spacial score (nSPS) is 28.1. The molecule has 2 aromatic heterocycles. The SMILES string of the molecule is CN1CCN(C2CN(S(=O)(=O)N3CCC(Nc4ncc5cc(C#N)c(=O)n([C@@H]6CCC[C@@]6(C)O)c5n4)CC3)C2)CC1. The smallest absolute Gasteiger partial charge is 0.282 e. The number of piperazine rings is 1. The number of rotatable bonds is 6. The number of pyridine rings is 1. The van der Waals surface area contributed by atoms with E-state index in [0.29, 0.717) is 74.9 Å². The van der Waals surface area contributed by atoms with Crippen LogP contribution in [0.4, 0.5) is 5.95 Å². The minimum Gasteiger partial charge on any atom is -0.388 e. The third-order valence-corrected chi connectivity index (χ3v) is 11.4. The molecule has 13 nitrogen and oxygen atoms in total. The standard InChI is InChI=1S/C27H39N9O4S/c1-27(38)7-3-4-23(27)36-24-20(14-19(15-28)25(36)37)16-29-26(31-24)30-21-5-8-34(9-6-21)41(39,40)35-17-22(18-35)33-12-10-32(2)11-13-33/h14,16,21-23,38H,3-13,17-18H2,1-2H3,(H,29,30,31)/t23-,27-/m1/s1. The Morgan fingerprint density at radius 2 is 1.80 bits per heavy atom. The summed E-state index contributed by atoms with van der Waals surface area (Å²) in [4.78, 5) is 27.0. The first-order chi connectivity index (χ1) is 19.6. The van der Waals surface area contributed by atoms with Crippen molar-refractivity contribution >= 4 is 27.2 Å². The molecule has 2 N–H and O–H groups in total.